The predicted octanol–water partition coefficient (Wildman–Crippen LogP) is -0.178. The number of carbonyl (C=O) groups excluding carboxylic acids is 1. The summed E-state index contributed by atoms with van der Waals surface area (Å²) >= 11 is 0. The Morgan fingerprint density at radius 2 is 1.80 bits per heavy atom. The van der Waals surface area contributed by atoms with Crippen molar-refractivity contribution in [3.05, 3.63) is 29.8 Å². The summed E-state index contributed by atoms with van der Waals surface area (Å²) in [6, 6.07) is 5.98. The first kappa shape index (κ1) is 16.4. The predicted molar refractivity (Wildman–Crippen MR) is 74.8 cm³/mol. The highest BCUT2D eigenvalue weighted by atomic mass is 32.2. The fourth-order valence-electron chi connectivity index (χ4n) is 1.50. The molecule has 0 bridgehead atoms. The van der Waals surface area contributed by atoms with E-state index in [1.807, 2.05) is 0 Å². The Morgan fingerprint density at radius 3 is 2.35 bits per heavy atom. The maximum absolute atomic E-state index is 11.3. The minimum Gasteiger partial charge on any atom is -0.383 e. The standard InChI is InChI=1S/C12H19N3O4S/c1-19-9-8-15-12(16)14-7-6-10-2-4-11(5-3-10)20(13,17)18/h2-5H,6-9H2,1H3,(H2,13,17,18)(H2,14,15,16). The van der Waals surface area contributed by atoms with Crippen LogP contribution in [0.1, 0.15) is 5.56 Å². The fraction of sp³-hybridized carbons (Fsp3) is 0.417. The second kappa shape index (κ2) is 7.83. The molecule has 112 valence electrons. The van der Waals surface area contributed by atoms with Crippen LogP contribution in [-0.4, -0.2) is 41.3 Å². The minimum atomic E-state index is -3.66. The number of hydrogen-bond acceptors (Lipinski definition) is 4. The Morgan fingerprint density at radius 1 is 1.20 bits per heavy atom. The molecule has 20 heavy (non-hydrogen) atoms. The Bertz CT molecular complexity index is 528. The average Bonchev–Trinajstić information content (AvgIpc) is 2.38. The minimum absolute atomic E-state index is 0.0755. The van der Waals surface area contributed by atoms with Crippen molar-refractivity contribution in [2.45, 2.75) is 11.3 Å². The number of sulfonamides is 1. The number of urea groups is 1. The second-order valence-electron chi connectivity index (χ2n) is 4.11. The van der Waals surface area contributed by atoms with Crippen LogP contribution in [0.15, 0.2) is 29.2 Å². The van der Waals surface area contributed by atoms with Crippen LogP contribution >= 0.6 is 0 Å². The van der Waals surface area contributed by atoms with E-state index < -0.39 is 10.0 Å². The van der Waals surface area contributed by atoms with E-state index >= 15 is 0 Å². The van der Waals surface area contributed by atoms with Gasteiger partial charge in [-0.3, -0.25) is 0 Å². The van der Waals surface area contributed by atoms with Crippen molar-refractivity contribution in [2.75, 3.05) is 26.8 Å². The van der Waals surface area contributed by atoms with Crippen LogP contribution in [0.4, 0.5) is 4.79 Å². The van der Waals surface area contributed by atoms with Gasteiger partial charge in [0, 0.05) is 20.2 Å². The Balaban J connectivity index is 2.34. The summed E-state index contributed by atoms with van der Waals surface area (Å²) in [4.78, 5) is 11.4. The molecule has 0 saturated heterocycles. The lowest BCUT2D eigenvalue weighted by Gasteiger charge is -2.07. The van der Waals surface area contributed by atoms with Gasteiger partial charge in [-0.25, -0.2) is 18.4 Å². The number of rotatable bonds is 7. The molecule has 0 aliphatic rings. The first-order chi connectivity index (χ1) is 9.43. The van der Waals surface area contributed by atoms with Crippen molar-refractivity contribution < 1.29 is 17.9 Å². The molecule has 1 aromatic carbocycles. The van der Waals surface area contributed by atoms with E-state index in [9.17, 15) is 13.2 Å². The lowest BCUT2D eigenvalue weighted by molar-refractivity contribution is 0.196. The molecule has 0 fully saturated rings. The Kier molecular flexibility index (Phi) is 6.43. The van der Waals surface area contributed by atoms with Crippen molar-refractivity contribution in [2.24, 2.45) is 5.14 Å². The molecule has 4 N–H and O–H groups in total. The van der Waals surface area contributed by atoms with E-state index in [-0.39, 0.29) is 10.9 Å². The molecular weight excluding hydrogens is 282 g/mol. The van der Waals surface area contributed by atoms with Gasteiger partial charge in [0.2, 0.25) is 10.0 Å². The topological polar surface area (TPSA) is 111 Å². The van der Waals surface area contributed by atoms with Crippen molar-refractivity contribution in [3.8, 4) is 0 Å². The van der Waals surface area contributed by atoms with Gasteiger partial charge < -0.3 is 15.4 Å². The monoisotopic (exact) mass is 301 g/mol. The molecule has 7 nitrogen and oxygen atoms in total. The summed E-state index contributed by atoms with van der Waals surface area (Å²) in [5.74, 6) is 0. The molecule has 1 aromatic rings. The van der Waals surface area contributed by atoms with Gasteiger partial charge in [-0.1, -0.05) is 12.1 Å². The highest BCUT2D eigenvalue weighted by Crippen LogP contribution is 2.08. The third-order valence-electron chi connectivity index (χ3n) is 2.54. The molecule has 0 heterocycles. The number of ether oxygens (including phenoxy) is 1. The van der Waals surface area contributed by atoms with E-state index in [1.54, 1.807) is 19.2 Å². The molecule has 0 aliphatic heterocycles. The molecule has 0 atom stereocenters. The first-order valence-corrected chi connectivity index (χ1v) is 7.60. The van der Waals surface area contributed by atoms with Crippen LogP contribution in [0.25, 0.3) is 0 Å². The van der Waals surface area contributed by atoms with Gasteiger partial charge in [0.15, 0.2) is 0 Å². The number of primary sulfonamides is 1. The molecule has 0 unspecified atom stereocenters. The number of benzene rings is 1. The summed E-state index contributed by atoms with van der Waals surface area (Å²) in [7, 11) is -2.10. The van der Waals surface area contributed by atoms with Gasteiger partial charge in [-0.15, -0.1) is 0 Å². The highest BCUT2D eigenvalue weighted by molar-refractivity contribution is 7.89. The van der Waals surface area contributed by atoms with Gasteiger partial charge in [-0.2, -0.15) is 0 Å². The normalized spacial score (nSPS) is 11.1. The summed E-state index contributed by atoms with van der Waals surface area (Å²) in [5.41, 5.74) is 0.912. The fourth-order valence-corrected chi connectivity index (χ4v) is 2.01. The Labute approximate surface area is 118 Å². The van der Waals surface area contributed by atoms with E-state index in [4.69, 9.17) is 9.88 Å². The number of carbonyl (C=O) groups is 1. The van der Waals surface area contributed by atoms with E-state index in [0.29, 0.717) is 26.1 Å². The average molecular weight is 301 g/mol. The van der Waals surface area contributed by atoms with Crippen molar-refractivity contribution in [1.29, 1.82) is 0 Å². The molecule has 0 saturated carbocycles. The zero-order chi connectivity index (χ0) is 15.0. The van der Waals surface area contributed by atoms with E-state index in [1.165, 1.54) is 12.1 Å². The third-order valence-corrected chi connectivity index (χ3v) is 3.47. The van der Waals surface area contributed by atoms with Gasteiger partial charge in [0.1, 0.15) is 0 Å². The lowest BCUT2D eigenvalue weighted by atomic mass is 10.1. The summed E-state index contributed by atoms with van der Waals surface area (Å²) < 4.78 is 27.0. The zero-order valence-corrected chi connectivity index (χ0v) is 12.1. The van der Waals surface area contributed by atoms with Gasteiger partial charge in [0.25, 0.3) is 0 Å². The van der Waals surface area contributed by atoms with Crippen molar-refractivity contribution in [3.63, 3.8) is 0 Å². The number of amides is 2. The molecule has 2 amide bonds. The van der Waals surface area contributed by atoms with E-state index in [2.05, 4.69) is 10.6 Å². The Hall–Kier alpha value is -1.64. The SMILES string of the molecule is COCCNC(=O)NCCc1ccc(S(N)(=O)=O)cc1. The third kappa shape index (κ3) is 6.00. The first-order valence-electron chi connectivity index (χ1n) is 6.06. The number of methoxy groups -OCH3 is 1. The highest BCUT2D eigenvalue weighted by Gasteiger charge is 2.06. The van der Waals surface area contributed by atoms with Crippen molar-refractivity contribution in [1.82, 2.24) is 10.6 Å². The largest absolute Gasteiger partial charge is 0.383 e. The van der Waals surface area contributed by atoms with Crippen LogP contribution in [0.2, 0.25) is 0 Å². The molecule has 8 heteroatoms. The zero-order valence-electron chi connectivity index (χ0n) is 11.3. The number of nitrogens with one attached hydrogen (secondary N) is 2. The maximum Gasteiger partial charge on any atom is 0.314 e. The molecule has 0 aromatic heterocycles. The van der Waals surface area contributed by atoms with Gasteiger partial charge in [0.05, 0.1) is 11.5 Å². The van der Waals surface area contributed by atoms with Crippen LogP contribution < -0.4 is 15.8 Å². The van der Waals surface area contributed by atoms with E-state index in [0.717, 1.165) is 5.56 Å². The molecule has 1 rings (SSSR count). The van der Waals surface area contributed by atoms with Crippen molar-refractivity contribution >= 4 is 16.1 Å². The maximum atomic E-state index is 11.3. The summed E-state index contributed by atoms with van der Waals surface area (Å²) in [6.45, 7) is 1.36. The van der Waals surface area contributed by atoms with Crippen LogP contribution in [-0.2, 0) is 21.2 Å². The summed E-state index contributed by atoms with van der Waals surface area (Å²) in [5, 5.41) is 10.3. The molecular formula is C12H19N3O4S. The number of hydrogen-bond donors (Lipinski definition) is 3. The van der Waals surface area contributed by atoms with Crippen LogP contribution in [0.5, 0.6) is 0 Å². The van der Waals surface area contributed by atoms with Crippen LogP contribution in [0, 0.1) is 0 Å². The molecule has 0 aliphatic carbocycles. The smallest absolute Gasteiger partial charge is 0.314 e. The summed E-state index contributed by atoms with van der Waals surface area (Å²) in [6.07, 6.45) is 0.600. The molecule has 0 radical (unpaired) electrons. The lowest BCUT2D eigenvalue weighted by Crippen LogP contribution is -2.38. The van der Waals surface area contributed by atoms with Crippen LogP contribution in [0.3, 0.4) is 0 Å². The van der Waals surface area contributed by atoms with Gasteiger partial charge >= 0.3 is 6.03 Å². The van der Waals surface area contributed by atoms with Gasteiger partial charge in [-0.05, 0) is 24.1 Å². The second-order valence-corrected chi connectivity index (χ2v) is 5.68. The number of nitrogens with two attached hydrogens (primary N) is 1. The quantitative estimate of drug-likeness (QED) is 0.607. The molecule has 0 spiro atoms.